The number of nitrogens with one attached hydrogen (secondary N) is 1. The predicted octanol–water partition coefficient (Wildman–Crippen LogP) is 3.32. The van der Waals surface area contributed by atoms with Gasteiger partial charge in [-0.15, -0.1) is 0 Å². The number of hydrogen-bond acceptors (Lipinski definition) is 3. The number of nitrogens with zero attached hydrogens (tertiary/aromatic N) is 1. The highest BCUT2D eigenvalue weighted by molar-refractivity contribution is 9.10. The smallest absolute Gasteiger partial charge is 0.0819 e. The van der Waals surface area contributed by atoms with Crippen molar-refractivity contribution < 1.29 is 5.11 Å². The molecule has 18 heavy (non-hydrogen) atoms. The lowest BCUT2D eigenvalue weighted by molar-refractivity contribution is -0.0201. The Balaban J connectivity index is 1.88. The highest BCUT2D eigenvalue weighted by Gasteiger charge is 2.33. The Hall–Kier alpha value is -1.13. The second kappa shape index (κ2) is 4.52. The quantitative estimate of drug-likeness (QED) is 0.914. The summed E-state index contributed by atoms with van der Waals surface area (Å²) >= 11 is 3.48. The summed E-state index contributed by atoms with van der Waals surface area (Å²) in [5, 5.41) is 14.5. The van der Waals surface area contributed by atoms with E-state index in [1.165, 1.54) is 0 Å². The molecule has 1 aliphatic carbocycles. The Morgan fingerprint density at radius 1 is 1.33 bits per heavy atom. The van der Waals surface area contributed by atoms with Gasteiger partial charge >= 0.3 is 0 Å². The summed E-state index contributed by atoms with van der Waals surface area (Å²) in [4.78, 5) is 4.34. The minimum absolute atomic E-state index is 0.512. The maximum atomic E-state index is 10.1. The molecule has 4 heteroatoms. The highest BCUT2D eigenvalue weighted by Crippen LogP contribution is 2.32. The van der Waals surface area contributed by atoms with Crippen molar-refractivity contribution in [1.82, 2.24) is 4.98 Å². The lowest BCUT2D eigenvalue weighted by atomic mass is 9.80. The fourth-order valence-corrected chi connectivity index (χ4v) is 2.66. The van der Waals surface area contributed by atoms with Crippen LogP contribution in [0.5, 0.6) is 0 Å². The van der Waals surface area contributed by atoms with Crippen molar-refractivity contribution in [3.63, 3.8) is 0 Å². The standard InChI is InChI=1S/C14H15BrN2O/c15-10-2-3-12-11(8-10)13(4-7-16-12)17-9-14(18)5-1-6-14/h2-4,7-8,18H,1,5-6,9H2,(H,16,17). The zero-order valence-corrected chi connectivity index (χ0v) is 11.6. The molecule has 0 amide bonds. The molecule has 1 aliphatic rings. The first-order valence-electron chi connectivity index (χ1n) is 6.17. The third-order valence-corrected chi connectivity index (χ3v) is 4.09. The Kier molecular flexibility index (Phi) is 2.99. The van der Waals surface area contributed by atoms with E-state index >= 15 is 0 Å². The van der Waals surface area contributed by atoms with Gasteiger partial charge in [-0.05, 0) is 43.5 Å². The maximum Gasteiger partial charge on any atom is 0.0819 e. The van der Waals surface area contributed by atoms with E-state index in [-0.39, 0.29) is 0 Å². The number of fused-ring (bicyclic) bond motifs is 1. The third-order valence-electron chi connectivity index (χ3n) is 3.60. The molecule has 1 aromatic carbocycles. The van der Waals surface area contributed by atoms with Gasteiger partial charge < -0.3 is 10.4 Å². The van der Waals surface area contributed by atoms with Crippen molar-refractivity contribution in [3.05, 3.63) is 34.9 Å². The van der Waals surface area contributed by atoms with Crippen LogP contribution in [0.2, 0.25) is 0 Å². The van der Waals surface area contributed by atoms with Crippen LogP contribution in [0.1, 0.15) is 19.3 Å². The number of aliphatic hydroxyl groups is 1. The first-order chi connectivity index (χ1) is 8.66. The molecule has 2 N–H and O–H groups in total. The molecule has 94 valence electrons. The molecule has 0 saturated heterocycles. The molecule has 1 fully saturated rings. The summed E-state index contributed by atoms with van der Waals surface area (Å²) in [5.74, 6) is 0. The summed E-state index contributed by atoms with van der Waals surface area (Å²) in [6.45, 7) is 0.610. The third kappa shape index (κ3) is 2.22. The lowest BCUT2D eigenvalue weighted by Crippen LogP contribution is -2.43. The molecule has 0 aliphatic heterocycles. The number of hydrogen-bond donors (Lipinski definition) is 2. The van der Waals surface area contributed by atoms with Gasteiger partial charge in [0.2, 0.25) is 0 Å². The van der Waals surface area contributed by atoms with Gasteiger partial charge in [0.05, 0.1) is 11.1 Å². The number of anilines is 1. The fourth-order valence-electron chi connectivity index (χ4n) is 2.29. The van der Waals surface area contributed by atoms with Crippen molar-refractivity contribution >= 4 is 32.5 Å². The van der Waals surface area contributed by atoms with E-state index in [1.54, 1.807) is 6.20 Å². The molecule has 1 saturated carbocycles. The van der Waals surface area contributed by atoms with Crippen LogP contribution in [0.4, 0.5) is 5.69 Å². The van der Waals surface area contributed by atoms with Crippen LogP contribution in [0, 0.1) is 0 Å². The van der Waals surface area contributed by atoms with E-state index in [9.17, 15) is 5.11 Å². The van der Waals surface area contributed by atoms with Gasteiger partial charge in [0, 0.05) is 28.3 Å². The van der Waals surface area contributed by atoms with Crippen molar-refractivity contribution in [1.29, 1.82) is 0 Å². The van der Waals surface area contributed by atoms with Crippen LogP contribution >= 0.6 is 15.9 Å². The fraction of sp³-hybridized carbons (Fsp3) is 0.357. The highest BCUT2D eigenvalue weighted by atomic mass is 79.9. The molecule has 0 spiro atoms. The average molecular weight is 307 g/mol. The van der Waals surface area contributed by atoms with Crippen molar-refractivity contribution in [2.45, 2.75) is 24.9 Å². The van der Waals surface area contributed by atoms with Gasteiger partial charge in [-0.3, -0.25) is 4.98 Å². The first-order valence-corrected chi connectivity index (χ1v) is 6.96. The Morgan fingerprint density at radius 2 is 2.17 bits per heavy atom. The summed E-state index contributed by atoms with van der Waals surface area (Å²) in [6.07, 6.45) is 4.71. The molecule has 2 aromatic rings. The number of halogens is 1. The Bertz CT molecular complexity index is 581. The molecule has 0 bridgehead atoms. The van der Waals surface area contributed by atoms with Crippen molar-refractivity contribution in [2.24, 2.45) is 0 Å². The molecular formula is C14H15BrN2O. The Labute approximate surface area is 114 Å². The second-order valence-electron chi connectivity index (χ2n) is 4.95. The van der Waals surface area contributed by atoms with Gasteiger partial charge in [0.1, 0.15) is 0 Å². The first kappa shape index (κ1) is 11.9. The molecule has 1 aromatic heterocycles. The molecular weight excluding hydrogens is 292 g/mol. The molecule has 0 unspecified atom stereocenters. The van der Waals surface area contributed by atoms with Crippen LogP contribution in [0.25, 0.3) is 10.9 Å². The van der Waals surface area contributed by atoms with Crippen LogP contribution in [-0.2, 0) is 0 Å². The van der Waals surface area contributed by atoms with Gasteiger partial charge in [0.25, 0.3) is 0 Å². The number of pyridine rings is 1. The monoisotopic (exact) mass is 306 g/mol. The van der Waals surface area contributed by atoms with Gasteiger partial charge in [-0.1, -0.05) is 15.9 Å². The normalized spacial score (nSPS) is 17.4. The molecule has 3 nitrogen and oxygen atoms in total. The zero-order chi connectivity index (χ0) is 12.6. The van der Waals surface area contributed by atoms with E-state index in [0.29, 0.717) is 6.54 Å². The minimum Gasteiger partial charge on any atom is -0.388 e. The van der Waals surface area contributed by atoms with Crippen LogP contribution in [0.3, 0.4) is 0 Å². The Morgan fingerprint density at radius 3 is 2.89 bits per heavy atom. The van der Waals surface area contributed by atoms with Crippen molar-refractivity contribution in [3.8, 4) is 0 Å². The van der Waals surface area contributed by atoms with E-state index in [4.69, 9.17) is 0 Å². The topological polar surface area (TPSA) is 45.1 Å². The van der Waals surface area contributed by atoms with Crippen LogP contribution in [-0.4, -0.2) is 22.2 Å². The van der Waals surface area contributed by atoms with E-state index in [0.717, 1.165) is 40.3 Å². The number of benzene rings is 1. The van der Waals surface area contributed by atoms with E-state index in [2.05, 4.69) is 32.3 Å². The number of aromatic nitrogens is 1. The van der Waals surface area contributed by atoms with Crippen LogP contribution < -0.4 is 5.32 Å². The summed E-state index contributed by atoms with van der Waals surface area (Å²) in [5.41, 5.74) is 1.48. The summed E-state index contributed by atoms with van der Waals surface area (Å²) in [6, 6.07) is 7.98. The number of rotatable bonds is 3. The average Bonchev–Trinajstić information content (AvgIpc) is 2.34. The van der Waals surface area contributed by atoms with Gasteiger partial charge in [-0.25, -0.2) is 0 Å². The molecule has 0 radical (unpaired) electrons. The largest absolute Gasteiger partial charge is 0.388 e. The lowest BCUT2D eigenvalue weighted by Gasteiger charge is -2.37. The summed E-state index contributed by atoms with van der Waals surface area (Å²) in [7, 11) is 0. The zero-order valence-electron chi connectivity index (χ0n) is 9.99. The predicted molar refractivity (Wildman–Crippen MR) is 76.7 cm³/mol. The van der Waals surface area contributed by atoms with Gasteiger partial charge in [-0.2, -0.15) is 0 Å². The molecule has 1 heterocycles. The van der Waals surface area contributed by atoms with Crippen molar-refractivity contribution in [2.75, 3.05) is 11.9 Å². The van der Waals surface area contributed by atoms with E-state index in [1.807, 2.05) is 18.2 Å². The summed E-state index contributed by atoms with van der Waals surface area (Å²) < 4.78 is 1.04. The molecule has 3 rings (SSSR count). The van der Waals surface area contributed by atoms with E-state index < -0.39 is 5.60 Å². The minimum atomic E-state index is -0.512. The second-order valence-corrected chi connectivity index (χ2v) is 5.87. The molecule has 0 atom stereocenters. The SMILES string of the molecule is OC1(CNc2ccnc3ccc(Br)cc23)CCC1. The van der Waals surface area contributed by atoms with Crippen LogP contribution in [0.15, 0.2) is 34.9 Å². The maximum absolute atomic E-state index is 10.1. The van der Waals surface area contributed by atoms with Gasteiger partial charge in [0.15, 0.2) is 0 Å².